The maximum Gasteiger partial charge on any atom is 0.248 e. The Labute approximate surface area is 152 Å². The van der Waals surface area contributed by atoms with Gasteiger partial charge in [-0.1, -0.05) is 54.1 Å². The van der Waals surface area contributed by atoms with Gasteiger partial charge in [0.25, 0.3) is 0 Å². The van der Waals surface area contributed by atoms with Crippen LogP contribution in [0, 0.1) is 6.92 Å². The molecule has 4 heteroatoms. The summed E-state index contributed by atoms with van der Waals surface area (Å²) >= 11 is 0. The van der Waals surface area contributed by atoms with Crippen LogP contribution in [0.4, 0.5) is 0 Å². The molecule has 0 radical (unpaired) electrons. The monoisotopic (exact) mass is 342 g/mol. The lowest BCUT2D eigenvalue weighted by molar-refractivity contribution is 0.306. The van der Waals surface area contributed by atoms with Crippen molar-refractivity contribution in [2.75, 3.05) is 0 Å². The third-order valence-corrected chi connectivity index (χ3v) is 4.11. The molecule has 0 aliphatic rings. The van der Waals surface area contributed by atoms with E-state index in [1.54, 1.807) is 0 Å². The van der Waals surface area contributed by atoms with Crippen LogP contribution < -0.4 is 4.74 Å². The van der Waals surface area contributed by atoms with Crippen molar-refractivity contribution < 1.29 is 9.15 Å². The van der Waals surface area contributed by atoms with Crippen molar-refractivity contribution in [3.63, 3.8) is 0 Å². The molecule has 4 nitrogen and oxygen atoms in total. The average molecular weight is 342 g/mol. The highest BCUT2D eigenvalue weighted by Crippen LogP contribution is 2.27. The molecule has 0 spiro atoms. The molecule has 4 aromatic rings. The molecule has 26 heavy (non-hydrogen) atoms. The van der Waals surface area contributed by atoms with Crippen LogP contribution in [0.2, 0.25) is 0 Å². The maximum atomic E-state index is 5.91. The molecule has 0 saturated carbocycles. The van der Waals surface area contributed by atoms with Crippen molar-refractivity contribution in [1.82, 2.24) is 10.2 Å². The molecule has 0 fully saturated rings. The minimum absolute atomic E-state index is 0.433. The van der Waals surface area contributed by atoms with Crippen molar-refractivity contribution in [2.45, 2.75) is 13.5 Å². The number of hydrogen-bond donors (Lipinski definition) is 0. The summed E-state index contributed by atoms with van der Waals surface area (Å²) in [5, 5.41) is 8.39. The minimum Gasteiger partial charge on any atom is -0.489 e. The van der Waals surface area contributed by atoms with Gasteiger partial charge in [0.15, 0.2) is 0 Å². The van der Waals surface area contributed by atoms with Gasteiger partial charge in [-0.15, -0.1) is 10.2 Å². The highest BCUT2D eigenvalue weighted by Gasteiger charge is 2.13. The zero-order chi connectivity index (χ0) is 17.8. The predicted molar refractivity (Wildman–Crippen MR) is 101 cm³/mol. The molecule has 1 aromatic heterocycles. The molecule has 0 aliphatic heterocycles. The number of aromatic nitrogens is 2. The Morgan fingerprint density at radius 1 is 0.769 bits per heavy atom. The second-order valence-corrected chi connectivity index (χ2v) is 6.04. The summed E-state index contributed by atoms with van der Waals surface area (Å²) in [5.74, 6) is 1.84. The molecule has 3 aromatic carbocycles. The van der Waals surface area contributed by atoms with E-state index in [4.69, 9.17) is 9.15 Å². The van der Waals surface area contributed by atoms with Crippen LogP contribution in [0.1, 0.15) is 11.1 Å². The Bertz CT molecular complexity index is 992. The van der Waals surface area contributed by atoms with E-state index in [0.29, 0.717) is 18.4 Å². The molecular weight excluding hydrogens is 324 g/mol. The molecule has 0 atom stereocenters. The van der Waals surface area contributed by atoms with Gasteiger partial charge in [0.05, 0.1) is 0 Å². The molecule has 0 N–H and O–H groups in total. The van der Waals surface area contributed by atoms with E-state index in [0.717, 1.165) is 22.4 Å². The number of ether oxygens (including phenoxy) is 1. The summed E-state index contributed by atoms with van der Waals surface area (Å²) in [4.78, 5) is 0. The quantitative estimate of drug-likeness (QED) is 0.494. The van der Waals surface area contributed by atoms with Crippen LogP contribution in [-0.4, -0.2) is 10.2 Å². The van der Waals surface area contributed by atoms with E-state index in [1.807, 2.05) is 78.9 Å². The van der Waals surface area contributed by atoms with Gasteiger partial charge in [0, 0.05) is 16.7 Å². The van der Waals surface area contributed by atoms with E-state index in [9.17, 15) is 0 Å². The fourth-order valence-corrected chi connectivity index (χ4v) is 2.68. The normalized spacial score (nSPS) is 10.7. The SMILES string of the molecule is Cc1ccc(OCc2ccccc2-c2nnc(-c3ccccc3)o2)cc1. The van der Waals surface area contributed by atoms with Crippen molar-refractivity contribution in [1.29, 1.82) is 0 Å². The first kappa shape index (κ1) is 16.1. The molecule has 1 heterocycles. The molecule has 0 saturated heterocycles. The van der Waals surface area contributed by atoms with E-state index in [2.05, 4.69) is 17.1 Å². The van der Waals surface area contributed by atoms with Gasteiger partial charge in [0.1, 0.15) is 12.4 Å². The van der Waals surface area contributed by atoms with E-state index in [1.165, 1.54) is 5.56 Å². The number of aryl methyl sites for hydroxylation is 1. The van der Waals surface area contributed by atoms with E-state index >= 15 is 0 Å². The van der Waals surface area contributed by atoms with Crippen LogP contribution in [0.15, 0.2) is 83.3 Å². The topological polar surface area (TPSA) is 48.2 Å². The Morgan fingerprint density at radius 2 is 1.46 bits per heavy atom. The van der Waals surface area contributed by atoms with E-state index in [-0.39, 0.29) is 0 Å². The first-order valence-electron chi connectivity index (χ1n) is 8.46. The minimum atomic E-state index is 0.433. The summed E-state index contributed by atoms with van der Waals surface area (Å²) in [7, 11) is 0. The molecule has 0 amide bonds. The molecule has 0 bridgehead atoms. The number of hydrogen-bond acceptors (Lipinski definition) is 4. The highest BCUT2D eigenvalue weighted by atomic mass is 16.5. The molecule has 0 unspecified atom stereocenters. The lowest BCUT2D eigenvalue weighted by Gasteiger charge is -2.09. The summed E-state index contributed by atoms with van der Waals surface area (Å²) in [6, 6.07) is 25.7. The fourth-order valence-electron chi connectivity index (χ4n) is 2.68. The summed E-state index contributed by atoms with van der Waals surface area (Å²) in [6.07, 6.45) is 0. The van der Waals surface area contributed by atoms with Crippen molar-refractivity contribution in [3.8, 4) is 28.7 Å². The number of benzene rings is 3. The Morgan fingerprint density at radius 3 is 2.27 bits per heavy atom. The van der Waals surface area contributed by atoms with Crippen molar-refractivity contribution in [2.24, 2.45) is 0 Å². The first-order chi connectivity index (χ1) is 12.8. The standard InChI is InChI=1S/C22H18N2O2/c1-16-11-13-19(14-12-16)25-15-18-9-5-6-10-20(18)22-24-23-21(26-22)17-7-3-2-4-8-17/h2-14H,15H2,1H3. The Balaban J connectivity index is 1.58. The summed E-state index contributed by atoms with van der Waals surface area (Å²) < 4.78 is 11.8. The van der Waals surface area contributed by atoms with E-state index < -0.39 is 0 Å². The second kappa shape index (κ2) is 7.23. The van der Waals surface area contributed by atoms with Gasteiger partial charge in [0.2, 0.25) is 11.8 Å². The van der Waals surface area contributed by atoms with Crippen molar-refractivity contribution in [3.05, 3.63) is 90.0 Å². The Kier molecular flexibility index (Phi) is 4.48. The predicted octanol–water partition coefficient (Wildman–Crippen LogP) is 5.29. The third-order valence-electron chi connectivity index (χ3n) is 4.11. The van der Waals surface area contributed by atoms with Gasteiger partial charge in [-0.2, -0.15) is 0 Å². The molecule has 128 valence electrons. The largest absolute Gasteiger partial charge is 0.489 e. The van der Waals surface area contributed by atoms with Gasteiger partial charge in [-0.25, -0.2) is 0 Å². The first-order valence-corrected chi connectivity index (χ1v) is 8.46. The smallest absolute Gasteiger partial charge is 0.248 e. The Hall–Kier alpha value is -3.40. The van der Waals surface area contributed by atoms with Gasteiger partial charge in [-0.05, 0) is 37.3 Å². The fraction of sp³-hybridized carbons (Fsp3) is 0.0909. The zero-order valence-electron chi connectivity index (χ0n) is 14.4. The highest BCUT2D eigenvalue weighted by molar-refractivity contribution is 5.61. The van der Waals surface area contributed by atoms with Crippen LogP contribution in [0.3, 0.4) is 0 Å². The van der Waals surface area contributed by atoms with Gasteiger partial charge < -0.3 is 9.15 Å². The van der Waals surface area contributed by atoms with Gasteiger partial charge >= 0.3 is 0 Å². The van der Waals surface area contributed by atoms with Crippen LogP contribution in [-0.2, 0) is 6.61 Å². The second-order valence-electron chi connectivity index (χ2n) is 6.04. The lowest BCUT2D eigenvalue weighted by atomic mass is 10.1. The third kappa shape index (κ3) is 3.49. The molecule has 4 rings (SSSR count). The number of nitrogens with zero attached hydrogens (tertiary/aromatic N) is 2. The van der Waals surface area contributed by atoms with Crippen LogP contribution >= 0.6 is 0 Å². The van der Waals surface area contributed by atoms with Crippen LogP contribution in [0.25, 0.3) is 22.9 Å². The lowest BCUT2D eigenvalue weighted by Crippen LogP contribution is -1.98. The zero-order valence-corrected chi connectivity index (χ0v) is 14.4. The van der Waals surface area contributed by atoms with Crippen LogP contribution in [0.5, 0.6) is 5.75 Å². The molecular formula is C22H18N2O2. The summed E-state index contributed by atoms with van der Waals surface area (Å²) in [5.41, 5.74) is 3.99. The molecule has 0 aliphatic carbocycles. The van der Waals surface area contributed by atoms with Crippen molar-refractivity contribution >= 4 is 0 Å². The van der Waals surface area contributed by atoms with Gasteiger partial charge in [-0.3, -0.25) is 0 Å². The number of rotatable bonds is 5. The maximum absolute atomic E-state index is 5.91. The average Bonchev–Trinajstić information content (AvgIpc) is 3.19. The summed E-state index contributed by atoms with van der Waals surface area (Å²) in [6.45, 7) is 2.49.